The van der Waals surface area contributed by atoms with Gasteiger partial charge in [0.05, 0.1) is 5.75 Å². The molecule has 1 aromatic heterocycles. The van der Waals surface area contributed by atoms with Crippen LogP contribution < -0.4 is 10.3 Å². The topological polar surface area (TPSA) is 68.2 Å². The van der Waals surface area contributed by atoms with Crippen LogP contribution >= 0.6 is 0 Å². The van der Waals surface area contributed by atoms with Gasteiger partial charge in [-0.1, -0.05) is 6.07 Å². The van der Waals surface area contributed by atoms with Gasteiger partial charge in [0.1, 0.15) is 0 Å². The minimum absolute atomic E-state index is 0.0523. The van der Waals surface area contributed by atoms with Crippen LogP contribution in [-0.4, -0.2) is 25.3 Å². The average molecular weight is 230 g/mol. The van der Waals surface area contributed by atoms with Gasteiger partial charge < -0.3 is 4.57 Å². The maximum Gasteiger partial charge on any atom is 0.250 e. The minimum atomic E-state index is -3.17. The lowest BCUT2D eigenvalue weighted by molar-refractivity contribution is 0.571. The lowest BCUT2D eigenvalue weighted by Crippen LogP contribution is -2.31. The molecule has 0 spiro atoms. The van der Waals surface area contributed by atoms with Crippen molar-refractivity contribution in [3.05, 3.63) is 34.7 Å². The molecule has 6 heteroatoms. The third kappa shape index (κ3) is 3.85. The van der Waals surface area contributed by atoms with Gasteiger partial charge >= 0.3 is 0 Å². The second-order valence-corrected chi connectivity index (χ2v) is 5.13. The molecule has 0 bridgehead atoms. The van der Waals surface area contributed by atoms with Crippen molar-refractivity contribution in [1.82, 2.24) is 9.29 Å². The molecule has 0 unspecified atom stereocenters. The first-order chi connectivity index (χ1) is 7.05. The number of rotatable bonds is 5. The molecule has 84 valence electrons. The summed E-state index contributed by atoms with van der Waals surface area (Å²) in [5, 5.41) is 0. The number of nitrogens with one attached hydrogen (secondary N) is 1. The monoisotopic (exact) mass is 230 g/mol. The van der Waals surface area contributed by atoms with Gasteiger partial charge in [-0.05, 0) is 13.0 Å². The largest absolute Gasteiger partial charge is 0.314 e. The third-order valence-corrected chi connectivity index (χ3v) is 3.36. The summed E-state index contributed by atoms with van der Waals surface area (Å²) in [5.74, 6) is 0.0523. The highest BCUT2D eigenvalue weighted by Gasteiger charge is 2.04. The van der Waals surface area contributed by atoms with Gasteiger partial charge in [0.25, 0.3) is 5.56 Å². The first-order valence-electron chi connectivity index (χ1n) is 4.68. The zero-order valence-electron chi connectivity index (χ0n) is 8.51. The molecule has 0 amide bonds. The Kier molecular flexibility index (Phi) is 4.05. The lowest BCUT2D eigenvalue weighted by Gasteiger charge is -2.06. The molecule has 0 aliphatic carbocycles. The highest BCUT2D eigenvalue weighted by Crippen LogP contribution is 1.84. The van der Waals surface area contributed by atoms with E-state index >= 15 is 0 Å². The van der Waals surface area contributed by atoms with Crippen LogP contribution in [0.1, 0.15) is 6.92 Å². The molecule has 0 atom stereocenters. The van der Waals surface area contributed by atoms with Crippen molar-refractivity contribution in [3.8, 4) is 0 Å². The number of nitrogens with zero attached hydrogens (tertiary/aromatic N) is 1. The Morgan fingerprint density at radius 3 is 2.73 bits per heavy atom. The molecule has 1 heterocycles. The molecular weight excluding hydrogens is 216 g/mol. The number of hydrogen-bond donors (Lipinski definition) is 1. The Labute approximate surface area is 88.8 Å². The molecule has 15 heavy (non-hydrogen) atoms. The molecule has 0 fully saturated rings. The van der Waals surface area contributed by atoms with E-state index in [1.165, 1.54) is 10.6 Å². The molecule has 0 saturated carbocycles. The van der Waals surface area contributed by atoms with Crippen molar-refractivity contribution < 1.29 is 8.42 Å². The van der Waals surface area contributed by atoms with E-state index in [2.05, 4.69) is 4.72 Å². The molecule has 0 saturated heterocycles. The van der Waals surface area contributed by atoms with Crippen molar-refractivity contribution in [2.45, 2.75) is 13.5 Å². The van der Waals surface area contributed by atoms with Crippen molar-refractivity contribution in [2.75, 3.05) is 12.3 Å². The van der Waals surface area contributed by atoms with E-state index in [0.717, 1.165) is 0 Å². The minimum Gasteiger partial charge on any atom is -0.314 e. The lowest BCUT2D eigenvalue weighted by atomic mass is 10.4. The molecule has 1 N–H and O–H groups in total. The van der Waals surface area contributed by atoms with Crippen LogP contribution in [0, 0.1) is 0 Å². The van der Waals surface area contributed by atoms with Crippen molar-refractivity contribution in [1.29, 1.82) is 0 Å². The van der Waals surface area contributed by atoms with Crippen LogP contribution in [0.5, 0.6) is 0 Å². The molecule has 1 rings (SSSR count). The highest BCUT2D eigenvalue weighted by molar-refractivity contribution is 7.89. The molecule has 0 aliphatic heterocycles. The molecular formula is C9H14N2O3S. The summed E-state index contributed by atoms with van der Waals surface area (Å²) in [5.41, 5.74) is -0.131. The van der Waals surface area contributed by atoms with Crippen LogP contribution in [0.25, 0.3) is 0 Å². The van der Waals surface area contributed by atoms with Crippen LogP contribution in [0.3, 0.4) is 0 Å². The van der Waals surface area contributed by atoms with Crippen molar-refractivity contribution in [2.24, 2.45) is 0 Å². The summed E-state index contributed by atoms with van der Waals surface area (Å²) in [6, 6.07) is 4.82. The summed E-state index contributed by atoms with van der Waals surface area (Å²) in [7, 11) is -3.17. The van der Waals surface area contributed by atoms with E-state index in [9.17, 15) is 13.2 Å². The van der Waals surface area contributed by atoms with E-state index in [-0.39, 0.29) is 17.9 Å². The van der Waals surface area contributed by atoms with Gasteiger partial charge in [-0.3, -0.25) is 4.79 Å². The van der Waals surface area contributed by atoms with Crippen LogP contribution in [0.2, 0.25) is 0 Å². The fraction of sp³-hybridized carbons (Fsp3) is 0.444. The highest BCUT2D eigenvalue weighted by atomic mass is 32.2. The first-order valence-corrected chi connectivity index (χ1v) is 6.33. The fourth-order valence-electron chi connectivity index (χ4n) is 1.07. The second-order valence-electron chi connectivity index (χ2n) is 3.03. The Bertz CT molecular complexity index is 464. The normalized spacial score (nSPS) is 11.5. The molecule has 5 nitrogen and oxygen atoms in total. The quantitative estimate of drug-likeness (QED) is 0.761. The van der Waals surface area contributed by atoms with Gasteiger partial charge in [0.2, 0.25) is 10.0 Å². The molecule has 0 aliphatic rings. The SMILES string of the molecule is CCS(=O)(=O)NCCn1ccccc1=O. The zero-order chi connectivity index (χ0) is 11.3. The van der Waals surface area contributed by atoms with Gasteiger partial charge in [-0.25, -0.2) is 13.1 Å². The smallest absolute Gasteiger partial charge is 0.250 e. The molecule has 1 aromatic rings. The van der Waals surface area contributed by atoms with E-state index in [4.69, 9.17) is 0 Å². The van der Waals surface area contributed by atoms with Crippen LogP contribution in [0.15, 0.2) is 29.2 Å². The van der Waals surface area contributed by atoms with Gasteiger partial charge in [0, 0.05) is 25.4 Å². The number of aromatic nitrogens is 1. The van der Waals surface area contributed by atoms with Crippen LogP contribution in [0.4, 0.5) is 0 Å². The van der Waals surface area contributed by atoms with E-state index in [1.807, 2.05) is 0 Å². The predicted molar refractivity (Wildman–Crippen MR) is 58.2 cm³/mol. The summed E-state index contributed by atoms with van der Waals surface area (Å²) < 4.78 is 26.0. The van der Waals surface area contributed by atoms with Gasteiger partial charge in [0.15, 0.2) is 0 Å². The zero-order valence-corrected chi connectivity index (χ0v) is 9.33. The predicted octanol–water partition coefficient (Wildman–Crippen LogP) is -0.212. The van der Waals surface area contributed by atoms with Gasteiger partial charge in [-0.15, -0.1) is 0 Å². The Morgan fingerprint density at radius 2 is 2.13 bits per heavy atom. The first kappa shape index (κ1) is 11.9. The molecule has 0 radical (unpaired) electrons. The summed E-state index contributed by atoms with van der Waals surface area (Å²) >= 11 is 0. The fourth-order valence-corrected chi connectivity index (χ4v) is 1.68. The summed E-state index contributed by atoms with van der Waals surface area (Å²) in [4.78, 5) is 11.2. The second kappa shape index (κ2) is 5.09. The average Bonchev–Trinajstić information content (AvgIpc) is 2.21. The Balaban J connectivity index is 2.53. The maximum absolute atomic E-state index is 11.2. The third-order valence-electron chi connectivity index (χ3n) is 1.95. The summed E-state index contributed by atoms with van der Waals surface area (Å²) in [6.45, 7) is 2.15. The van der Waals surface area contributed by atoms with E-state index in [1.54, 1.807) is 25.3 Å². The van der Waals surface area contributed by atoms with Crippen molar-refractivity contribution in [3.63, 3.8) is 0 Å². The standard InChI is InChI=1S/C9H14N2O3S/c1-2-15(13,14)10-6-8-11-7-4-3-5-9(11)12/h3-5,7,10H,2,6,8H2,1H3. The number of pyridine rings is 1. The van der Waals surface area contributed by atoms with Crippen LogP contribution in [-0.2, 0) is 16.6 Å². The van der Waals surface area contributed by atoms with Gasteiger partial charge in [-0.2, -0.15) is 0 Å². The molecule has 0 aromatic carbocycles. The van der Waals surface area contributed by atoms with E-state index < -0.39 is 10.0 Å². The Morgan fingerprint density at radius 1 is 1.40 bits per heavy atom. The number of sulfonamides is 1. The van der Waals surface area contributed by atoms with E-state index in [0.29, 0.717) is 6.54 Å². The number of hydrogen-bond acceptors (Lipinski definition) is 3. The van der Waals surface area contributed by atoms with Crippen molar-refractivity contribution >= 4 is 10.0 Å². The Hall–Kier alpha value is -1.14. The summed E-state index contributed by atoms with van der Waals surface area (Å²) in [6.07, 6.45) is 1.63. The maximum atomic E-state index is 11.2.